The molecule has 0 atom stereocenters. The zero-order valence-corrected chi connectivity index (χ0v) is 12.1. The molecule has 0 fully saturated rings. The quantitative estimate of drug-likeness (QED) is 0.528. The molecule has 3 aromatic carbocycles. The summed E-state index contributed by atoms with van der Waals surface area (Å²) in [6, 6.07) is 17.7. The summed E-state index contributed by atoms with van der Waals surface area (Å²) in [5.41, 5.74) is 4.12. The molecule has 21 heavy (non-hydrogen) atoms. The minimum absolute atomic E-state index is 0.391. The molecule has 4 rings (SSSR count). The molecular formula is C17H12O3S. The molecular weight excluding hydrogens is 284 g/mol. The SMILES string of the molecule is CS(=O)(=O)Oc1ccc2cccc3c2c1-c1ccccc1-3. The lowest BCUT2D eigenvalue weighted by Crippen LogP contribution is -2.06. The van der Waals surface area contributed by atoms with Crippen LogP contribution >= 0.6 is 0 Å². The van der Waals surface area contributed by atoms with Crippen LogP contribution in [0.25, 0.3) is 33.0 Å². The molecule has 0 aliphatic heterocycles. The van der Waals surface area contributed by atoms with Crippen LogP contribution in [0.15, 0.2) is 54.6 Å². The summed E-state index contributed by atoms with van der Waals surface area (Å²) >= 11 is 0. The van der Waals surface area contributed by atoms with Gasteiger partial charge in [-0.05, 0) is 28.1 Å². The van der Waals surface area contributed by atoms with Crippen molar-refractivity contribution in [3.05, 3.63) is 54.6 Å². The van der Waals surface area contributed by atoms with E-state index in [0.717, 1.165) is 39.3 Å². The molecule has 0 radical (unpaired) electrons. The van der Waals surface area contributed by atoms with E-state index in [0.29, 0.717) is 5.75 Å². The van der Waals surface area contributed by atoms with Crippen LogP contribution in [-0.4, -0.2) is 14.7 Å². The van der Waals surface area contributed by atoms with Crippen molar-refractivity contribution in [2.75, 3.05) is 6.26 Å². The predicted octanol–water partition coefficient (Wildman–Crippen LogP) is 3.83. The molecule has 0 heterocycles. The third kappa shape index (κ3) is 1.83. The van der Waals surface area contributed by atoms with Crippen LogP contribution in [0.4, 0.5) is 0 Å². The third-order valence-corrected chi connectivity index (χ3v) is 4.22. The van der Waals surface area contributed by atoms with Crippen LogP contribution in [-0.2, 0) is 10.1 Å². The first-order valence-electron chi connectivity index (χ1n) is 6.59. The van der Waals surface area contributed by atoms with Crippen molar-refractivity contribution >= 4 is 20.9 Å². The van der Waals surface area contributed by atoms with Gasteiger partial charge < -0.3 is 4.18 Å². The molecule has 1 aliphatic rings. The van der Waals surface area contributed by atoms with Gasteiger partial charge >= 0.3 is 10.1 Å². The van der Waals surface area contributed by atoms with Crippen molar-refractivity contribution in [1.82, 2.24) is 0 Å². The second kappa shape index (κ2) is 4.09. The molecule has 0 saturated heterocycles. The molecule has 0 bridgehead atoms. The van der Waals surface area contributed by atoms with Gasteiger partial charge in [-0.3, -0.25) is 0 Å². The van der Waals surface area contributed by atoms with E-state index in [1.165, 1.54) is 0 Å². The molecule has 104 valence electrons. The van der Waals surface area contributed by atoms with Crippen LogP contribution in [0, 0.1) is 0 Å². The summed E-state index contributed by atoms with van der Waals surface area (Å²) in [6.45, 7) is 0. The summed E-state index contributed by atoms with van der Waals surface area (Å²) in [5, 5.41) is 2.14. The van der Waals surface area contributed by atoms with Crippen molar-refractivity contribution in [2.45, 2.75) is 0 Å². The second-order valence-electron chi connectivity index (χ2n) is 5.18. The highest BCUT2D eigenvalue weighted by Crippen LogP contribution is 2.51. The Balaban J connectivity index is 2.14. The van der Waals surface area contributed by atoms with E-state index in [2.05, 4.69) is 6.07 Å². The van der Waals surface area contributed by atoms with Crippen LogP contribution in [0.3, 0.4) is 0 Å². The molecule has 0 aromatic heterocycles. The third-order valence-electron chi connectivity index (χ3n) is 3.74. The Morgan fingerprint density at radius 2 is 1.52 bits per heavy atom. The van der Waals surface area contributed by atoms with Crippen LogP contribution in [0.2, 0.25) is 0 Å². The highest BCUT2D eigenvalue weighted by molar-refractivity contribution is 7.86. The Bertz CT molecular complexity index is 988. The Kier molecular flexibility index (Phi) is 2.41. The van der Waals surface area contributed by atoms with Gasteiger partial charge in [-0.1, -0.05) is 48.5 Å². The molecule has 0 amide bonds. The van der Waals surface area contributed by atoms with Crippen LogP contribution in [0.5, 0.6) is 5.75 Å². The van der Waals surface area contributed by atoms with E-state index >= 15 is 0 Å². The van der Waals surface area contributed by atoms with Gasteiger partial charge in [0.25, 0.3) is 0 Å². The summed E-state index contributed by atoms with van der Waals surface area (Å²) in [5.74, 6) is 0.391. The Morgan fingerprint density at radius 3 is 2.29 bits per heavy atom. The van der Waals surface area contributed by atoms with Crippen molar-refractivity contribution in [3.63, 3.8) is 0 Å². The molecule has 1 aliphatic carbocycles. The lowest BCUT2D eigenvalue weighted by atomic mass is 10.0. The number of fused-ring (bicyclic) bond motifs is 3. The van der Waals surface area contributed by atoms with Crippen molar-refractivity contribution < 1.29 is 12.6 Å². The monoisotopic (exact) mass is 296 g/mol. The molecule has 3 aromatic rings. The van der Waals surface area contributed by atoms with Gasteiger partial charge in [0.05, 0.1) is 6.26 Å². The lowest BCUT2D eigenvalue weighted by Gasteiger charge is -2.09. The Hall–Kier alpha value is -2.33. The van der Waals surface area contributed by atoms with E-state index in [1.54, 1.807) is 6.07 Å². The van der Waals surface area contributed by atoms with Crippen molar-refractivity contribution in [3.8, 4) is 28.0 Å². The number of rotatable bonds is 2. The maximum atomic E-state index is 11.5. The van der Waals surface area contributed by atoms with Crippen molar-refractivity contribution in [1.29, 1.82) is 0 Å². The Morgan fingerprint density at radius 1 is 0.810 bits per heavy atom. The van der Waals surface area contributed by atoms with Gasteiger partial charge in [0.15, 0.2) is 5.75 Å². The topological polar surface area (TPSA) is 43.4 Å². The summed E-state index contributed by atoms with van der Waals surface area (Å²) in [6.07, 6.45) is 1.07. The molecule has 0 N–H and O–H groups in total. The molecule has 3 nitrogen and oxygen atoms in total. The predicted molar refractivity (Wildman–Crippen MR) is 83.8 cm³/mol. The molecule has 4 heteroatoms. The minimum Gasteiger partial charge on any atom is -0.382 e. The van der Waals surface area contributed by atoms with E-state index in [9.17, 15) is 8.42 Å². The smallest absolute Gasteiger partial charge is 0.306 e. The highest BCUT2D eigenvalue weighted by Gasteiger charge is 2.25. The zero-order valence-electron chi connectivity index (χ0n) is 11.3. The van der Waals surface area contributed by atoms with Gasteiger partial charge in [-0.2, -0.15) is 8.42 Å². The molecule has 0 spiro atoms. The first kappa shape index (κ1) is 12.4. The number of hydrogen-bond acceptors (Lipinski definition) is 3. The summed E-state index contributed by atoms with van der Waals surface area (Å²) in [4.78, 5) is 0. The highest BCUT2D eigenvalue weighted by atomic mass is 32.2. The van der Waals surface area contributed by atoms with Gasteiger partial charge in [-0.15, -0.1) is 0 Å². The van der Waals surface area contributed by atoms with E-state index in [-0.39, 0.29) is 0 Å². The van der Waals surface area contributed by atoms with Gasteiger partial charge in [0.1, 0.15) is 0 Å². The lowest BCUT2D eigenvalue weighted by molar-refractivity contribution is 0.494. The normalized spacial score (nSPS) is 12.4. The number of benzene rings is 3. The second-order valence-corrected chi connectivity index (χ2v) is 6.75. The van der Waals surface area contributed by atoms with Crippen molar-refractivity contribution in [2.24, 2.45) is 0 Å². The maximum absolute atomic E-state index is 11.5. The standard InChI is InChI=1S/C17H12O3S/c1-21(18,19)20-15-10-9-11-5-4-8-13-12-6-2-3-7-14(12)17(15)16(11)13/h2-10H,1H3. The number of hydrogen-bond donors (Lipinski definition) is 0. The van der Waals surface area contributed by atoms with E-state index in [1.807, 2.05) is 42.5 Å². The summed E-state index contributed by atoms with van der Waals surface area (Å²) in [7, 11) is -3.56. The summed E-state index contributed by atoms with van der Waals surface area (Å²) < 4.78 is 28.2. The van der Waals surface area contributed by atoms with Crippen LogP contribution < -0.4 is 4.18 Å². The van der Waals surface area contributed by atoms with E-state index in [4.69, 9.17) is 4.18 Å². The largest absolute Gasteiger partial charge is 0.382 e. The zero-order chi connectivity index (χ0) is 14.6. The fraction of sp³-hybridized carbons (Fsp3) is 0.0588. The average Bonchev–Trinajstić information content (AvgIpc) is 2.78. The van der Waals surface area contributed by atoms with Crippen LogP contribution in [0.1, 0.15) is 0 Å². The molecule has 0 unspecified atom stereocenters. The van der Waals surface area contributed by atoms with Gasteiger partial charge in [0, 0.05) is 10.9 Å². The molecule has 0 saturated carbocycles. The first-order chi connectivity index (χ1) is 10.0. The maximum Gasteiger partial charge on any atom is 0.306 e. The van der Waals surface area contributed by atoms with Gasteiger partial charge in [0.2, 0.25) is 0 Å². The fourth-order valence-corrected chi connectivity index (χ4v) is 3.49. The minimum atomic E-state index is -3.56. The first-order valence-corrected chi connectivity index (χ1v) is 8.41. The average molecular weight is 296 g/mol. The fourth-order valence-electron chi connectivity index (χ4n) is 3.02. The van der Waals surface area contributed by atoms with E-state index < -0.39 is 10.1 Å². The van der Waals surface area contributed by atoms with Gasteiger partial charge in [-0.25, -0.2) is 0 Å². The Labute approximate surface area is 122 Å².